The fourth-order valence-corrected chi connectivity index (χ4v) is 1.61. The van der Waals surface area contributed by atoms with E-state index in [2.05, 4.69) is 20.8 Å². The first-order valence-electron chi connectivity index (χ1n) is 5.46. The second kappa shape index (κ2) is 7.34. The molecular weight excluding hydrogens is 164 g/mol. The minimum absolute atomic E-state index is 0.0662. The van der Waals surface area contributed by atoms with E-state index >= 15 is 0 Å². The van der Waals surface area contributed by atoms with Crippen LogP contribution in [0.15, 0.2) is 0 Å². The van der Waals surface area contributed by atoms with Crippen LogP contribution >= 0.6 is 0 Å². The molecule has 2 N–H and O–H groups in total. The third-order valence-electron chi connectivity index (χ3n) is 2.93. The summed E-state index contributed by atoms with van der Waals surface area (Å²) in [5, 5.41) is 18.9. The largest absolute Gasteiger partial charge is 0.396 e. The summed E-state index contributed by atoms with van der Waals surface area (Å²) in [7, 11) is 0. The predicted molar refractivity (Wildman–Crippen MR) is 55.6 cm³/mol. The van der Waals surface area contributed by atoms with Gasteiger partial charge in [-0.25, -0.2) is 0 Å². The van der Waals surface area contributed by atoms with Crippen LogP contribution in [0.5, 0.6) is 0 Å². The molecule has 0 radical (unpaired) electrons. The van der Waals surface area contributed by atoms with Gasteiger partial charge in [-0.15, -0.1) is 0 Å². The number of rotatable bonds is 7. The molecule has 0 rings (SSSR count). The van der Waals surface area contributed by atoms with Crippen LogP contribution in [-0.2, 0) is 0 Å². The zero-order valence-electron chi connectivity index (χ0n) is 9.16. The number of hydrogen-bond donors (Lipinski definition) is 2. The van der Waals surface area contributed by atoms with Crippen molar-refractivity contribution in [3.05, 3.63) is 0 Å². The molecule has 0 saturated carbocycles. The molecule has 0 aromatic heterocycles. The Bertz CT molecular complexity index is 115. The first-order valence-corrected chi connectivity index (χ1v) is 5.46. The van der Waals surface area contributed by atoms with Crippen LogP contribution < -0.4 is 0 Å². The van der Waals surface area contributed by atoms with Crippen molar-refractivity contribution in [2.45, 2.75) is 52.6 Å². The zero-order valence-corrected chi connectivity index (χ0v) is 9.16. The van der Waals surface area contributed by atoms with Gasteiger partial charge >= 0.3 is 0 Å². The summed E-state index contributed by atoms with van der Waals surface area (Å²) in [5.41, 5.74) is 0. The zero-order chi connectivity index (χ0) is 10.3. The van der Waals surface area contributed by atoms with Gasteiger partial charge in [-0.3, -0.25) is 0 Å². The second-order valence-corrected chi connectivity index (χ2v) is 3.94. The Labute approximate surface area is 82.0 Å². The summed E-state index contributed by atoms with van der Waals surface area (Å²) in [4.78, 5) is 0. The van der Waals surface area contributed by atoms with Gasteiger partial charge in [-0.2, -0.15) is 0 Å². The summed E-state index contributed by atoms with van der Waals surface area (Å²) < 4.78 is 0. The Kier molecular flexibility index (Phi) is 7.29. The van der Waals surface area contributed by atoms with E-state index in [4.69, 9.17) is 5.11 Å². The highest BCUT2D eigenvalue weighted by Crippen LogP contribution is 2.21. The lowest BCUT2D eigenvalue weighted by Gasteiger charge is -2.26. The molecule has 0 amide bonds. The average Bonchev–Trinajstić information content (AvgIpc) is 2.15. The van der Waals surface area contributed by atoms with E-state index in [0.29, 0.717) is 5.92 Å². The molecule has 0 aliphatic rings. The van der Waals surface area contributed by atoms with Crippen LogP contribution in [0.4, 0.5) is 0 Å². The molecule has 0 aliphatic heterocycles. The fraction of sp³-hybridized carbons (Fsp3) is 1.00. The summed E-state index contributed by atoms with van der Waals surface area (Å²) >= 11 is 0. The topological polar surface area (TPSA) is 40.5 Å². The second-order valence-electron chi connectivity index (χ2n) is 3.94. The van der Waals surface area contributed by atoms with Crippen LogP contribution in [0.3, 0.4) is 0 Å². The van der Waals surface area contributed by atoms with Gasteiger partial charge in [0.25, 0.3) is 0 Å². The van der Waals surface area contributed by atoms with Crippen molar-refractivity contribution >= 4 is 0 Å². The minimum atomic E-state index is -0.320. The van der Waals surface area contributed by atoms with Crippen molar-refractivity contribution in [2.24, 2.45) is 11.8 Å². The van der Waals surface area contributed by atoms with Gasteiger partial charge in [-0.1, -0.05) is 40.0 Å². The van der Waals surface area contributed by atoms with Gasteiger partial charge in [0.15, 0.2) is 0 Å². The summed E-state index contributed by atoms with van der Waals surface area (Å²) in [5.74, 6) is 0.480. The third kappa shape index (κ3) is 4.63. The van der Waals surface area contributed by atoms with Crippen molar-refractivity contribution < 1.29 is 10.2 Å². The smallest absolute Gasteiger partial charge is 0.0592 e. The Hall–Kier alpha value is -0.0800. The highest BCUT2D eigenvalue weighted by Gasteiger charge is 2.22. The van der Waals surface area contributed by atoms with Crippen LogP contribution in [0, 0.1) is 11.8 Å². The minimum Gasteiger partial charge on any atom is -0.396 e. The van der Waals surface area contributed by atoms with E-state index in [1.54, 1.807) is 0 Å². The maximum absolute atomic E-state index is 9.78. The molecule has 3 unspecified atom stereocenters. The fourth-order valence-electron chi connectivity index (χ4n) is 1.61. The Morgan fingerprint density at radius 3 is 2.23 bits per heavy atom. The summed E-state index contributed by atoms with van der Waals surface area (Å²) in [6, 6.07) is 0. The SMILES string of the molecule is CCCCC(O)C(CO)C(C)CC. The van der Waals surface area contributed by atoms with Gasteiger partial charge < -0.3 is 10.2 Å². The van der Waals surface area contributed by atoms with Gasteiger partial charge in [0.05, 0.1) is 6.10 Å². The number of aliphatic hydroxyl groups excluding tert-OH is 2. The number of aliphatic hydroxyl groups is 2. The number of hydrogen-bond acceptors (Lipinski definition) is 2. The van der Waals surface area contributed by atoms with E-state index in [9.17, 15) is 5.11 Å². The molecule has 0 aromatic carbocycles. The van der Waals surface area contributed by atoms with Crippen molar-refractivity contribution in [1.29, 1.82) is 0 Å². The molecule has 2 heteroatoms. The van der Waals surface area contributed by atoms with Crippen molar-refractivity contribution in [3.8, 4) is 0 Å². The maximum atomic E-state index is 9.78. The predicted octanol–water partition coefficient (Wildman–Crippen LogP) is 2.19. The lowest BCUT2D eigenvalue weighted by molar-refractivity contribution is 0.0294. The van der Waals surface area contributed by atoms with E-state index in [1.807, 2.05) is 0 Å². The molecule has 0 aromatic rings. The Morgan fingerprint density at radius 1 is 1.23 bits per heavy atom. The molecule has 0 fully saturated rings. The van der Waals surface area contributed by atoms with Gasteiger partial charge in [0, 0.05) is 12.5 Å². The third-order valence-corrected chi connectivity index (χ3v) is 2.93. The molecule has 3 atom stereocenters. The van der Waals surface area contributed by atoms with E-state index in [-0.39, 0.29) is 18.6 Å². The van der Waals surface area contributed by atoms with Gasteiger partial charge in [-0.05, 0) is 12.3 Å². The number of unbranched alkanes of at least 4 members (excludes halogenated alkanes) is 1. The lowest BCUT2D eigenvalue weighted by atomic mass is 9.86. The molecule has 0 saturated heterocycles. The van der Waals surface area contributed by atoms with Crippen LogP contribution in [0.1, 0.15) is 46.5 Å². The molecule has 13 heavy (non-hydrogen) atoms. The maximum Gasteiger partial charge on any atom is 0.0592 e. The van der Waals surface area contributed by atoms with Crippen LogP contribution in [0.2, 0.25) is 0 Å². The standard InChI is InChI=1S/C11H24O2/c1-4-6-7-11(13)10(8-12)9(3)5-2/h9-13H,4-8H2,1-3H3. The Morgan fingerprint density at radius 2 is 1.85 bits per heavy atom. The molecule has 0 bridgehead atoms. The van der Waals surface area contributed by atoms with Crippen molar-refractivity contribution in [3.63, 3.8) is 0 Å². The molecule has 0 spiro atoms. The van der Waals surface area contributed by atoms with Crippen LogP contribution in [-0.4, -0.2) is 22.9 Å². The quantitative estimate of drug-likeness (QED) is 0.643. The van der Waals surface area contributed by atoms with E-state index in [1.165, 1.54) is 0 Å². The highest BCUT2D eigenvalue weighted by molar-refractivity contribution is 4.72. The normalized spacial score (nSPS) is 18.2. The first kappa shape index (κ1) is 12.9. The first-order chi connectivity index (χ1) is 6.17. The van der Waals surface area contributed by atoms with Crippen LogP contribution in [0.25, 0.3) is 0 Å². The van der Waals surface area contributed by atoms with Crippen molar-refractivity contribution in [1.82, 2.24) is 0 Å². The van der Waals surface area contributed by atoms with E-state index < -0.39 is 0 Å². The molecule has 0 heterocycles. The molecule has 0 aliphatic carbocycles. The lowest BCUT2D eigenvalue weighted by Crippen LogP contribution is -2.29. The summed E-state index contributed by atoms with van der Waals surface area (Å²) in [6.07, 6.45) is 3.68. The monoisotopic (exact) mass is 188 g/mol. The summed E-state index contributed by atoms with van der Waals surface area (Å²) in [6.45, 7) is 6.42. The molecular formula is C11H24O2. The van der Waals surface area contributed by atoms with Gasteiger partial charge in [0.1, 0.15) is 0 Å². The molecule has 2 nitrogen and oxygen atoms in total. The Balaban J connectivity index is 3.90. The molecule has 80 valence electrons. The highest BCUT2D eigenvalue weighted by atomic mass is 16.3. The van der Waals surface area contributed by atoms with Gasteiger partial charge in [0.2, 0.25) is 0 Å². The average molecular weight is 188 g/mol. The van der Waals surface area contributed by atoms with Crippen molar-refractivity contribution in [2.75, 3.05) is 6.61 Å². The van der Waals surface area contributed by atoms with E-state index in [0.717, 1.165) is 25.7 Å².